The summed E-state index contributed by atoms with van der Waals surface area (Å²) in [6, 6.07) is 6.50. The average Bonchev–Trinajstić information content (AvgIpc) is 2.57. The van der Waals surface area contributed by atoms with Crippen molar-refractivity contribution in [1.82, 2.24) is 10.6 Å². The minimum absolute atomic E-state index is 0.160. The summed E-state index contributed by atoms with van der Waals surface area (Å²) in [5.41, 5.74) is 0. The van der Waals surface area contributed by atoms with Gasteiger partial charge in [0.25, 0.3) is 5.91 Å². The predicted octanol–water partition coefficient (Wildman–Crippen LogP) is 1.29. The fraction of sp³-hybridized carbons (Fsp3) is 0.438. The highest BCUT2D eigenvalue weighted by atomic mass is 35.5. The van der Waals surface area contributed by atoms with Gasteiger partial charge in [-0.05, 0) is 37.6 Å². The Morgan fingerprint density at radius 3 is 2.42 bits per heavy atom. The first-order chi connectivity index (χ1) is 11.4. The molecule has 8 heteroatoms. The lowest BCUT2D eigenvalue weighted by Crippen LogP contribution is -2.39. The maximum atomic E-state index is 11.8. The van der Waals surface area contributed by atoms with Crippen LogP contribution in [0.15, 0.2) is 24.3 Å². The summed E-state index contributed by atoms with van der Waals surface area (Å²) >= 11 is 5.76. The van der Waals surface area contributed by atoms with Crippen molar-refractivity contribution < 1.29 is 23.9 Å². The molecule has 2 amide bonds. The molecule has 0 radical (unpaired) electrons. The molecule has 0 aliphatic carbocycles. The number of rotatable bonds is 9. The number of esters is 1. The van der Waals surface area contributed by atoms with E-state index in [1.165, 1.54) is 6.92 Å². The molecule has 0 spiro atoms. The molecule has 0 unspecified atom stereocenters. The van der Waals surface area contributed by atoms with E-state index in [2.05, 4.69) is 10.6 Å². The highest BCUT2D eigenvalue weighted by molar-refractivity contribution is 6.30. The summed E-state index contributed by atoms with van der Waals surface area (Å²) in [6.45, 7) is 3.34. The molecule has 0 saturated heterocycles. The zero-order chi connectivity index (χ0) is 17.9. The van der Waals surface area contributed by atoms with Gasteiger partial charge >= 0.3 is 5.97 Å². The van der Waals surface area contributed by atoms with E-state index in [9.17, 15) is 14.4 Å². The van der Waals surface area contributed by atoms with Crippen LogP contribution >= 0.6 is 11.6 Å². The van der Waals surface area contributed by atoms with E-state index >= 15 is 0 Å². The predicted molar refractivity (Wildman–Crippen MR) is 88.8 cm³/mol. The molecule has 132 valence electrons. The fourth-order valence-corrected chi connectivity index (χ4v) is 1.70. The molecular weight excluding hydrogens is 336 g/mol. The Balaban J connectivity index is 2.27. The lowest BCUT2D eigenvalue weighted by atomic mass is 10.3. The van der Waals surface area contributed by atoms with Gasteiger partial charge in [-0.25, -0.2) is 4.79 Å². The Kier molecular flexibility index (Phi) is 8.64. The molecule has 0 aliphatic heterocycles. The summed E-state index contributed by atoms with van der Waals surface area (Å²) in [7, 11) is 0. The first-order valence-corrected chi connectivity index (χ1v) is 7.92. The first-order valence-electron chi connectivity index (χ1n) is 7.54. The van der Waals surface area contributed by atoms with Crippen LogP contribution in [0.25, 0.3) is 0 Å². The van der Waals surface area contributed by atoms with Crippen molar-refractivity contribution >= 4 is 29.4 Å². The van der Waals surface area contributed by atoms with E-state index < -0.39 is 24.6 Å². The lowest BCUT2D eigenvalue weighted by molar-refractivity contribution is -0.154. The quantitative estimate of drug-likeness (QED) is 0.650. The number of carbonyl (C=O) groups excluding carboxylic acids is 3. The molecule has 1 atom stereocenters. The van der Waals surface area contributed by atoms with E-state index in [4.69, 9.17) is 21.1 Å². The molecule has 1 aromatic carbocycles. The van der Waals surface area contributed by atoms with Crippen LogP contribution in [0.1, 0.15) is 20.3 Å². The second-order valence-corrected chi connectivity index (χ2v) is 5.38. The Labute approximate surface area is 145 Å². The van der Waals surface area contributed by atoms with Crippen LogP contribution in [0.3, 0.4) is 0 Å². The molecular formula is C16H21ClN2O5. The third-order valence-electron chi connectivity index (χ3n) is 2.82. The largest absolute Gasteiger partial charge is 0.479 e. The zero-order valence-corrected chi connectivity index (χ0v) is 14.4. The normalized spacial score (nSPS) is 11.3. The third-order valence-corrected chi connectivity index (χ3v) is 3.07. The molecule has 7 nitrogen and oxygen atoms in total. The SMILES string of the molecule is CCCNC(=O)CNC(=O)COC(=O)[C@@H](C)Oc1ccc(Cl)cc1. The number of nitrogens with one attached hydrogen (secondary N) is 2. The number of ether oxygens (including phenoxy) is 2. The van der Waals surface area contributed by atoms with Crippen molar-refractivity contribution in [2.24, 2.45) is 0 Å². The smallest absolute Gasteiger partial charge is 0.347 e. The van der Waals surface area contributed by atoms with Gasteiger partial charge < -0.3 is 20.1 Å². The minimum Gasteiger partial charge on any atom is -0.479 e. The van der Waals surface area contributed by atoms with Gasteiger partial charge in [0.2, 0.25) is 5.91 Å². The van der Waals surface area contributed by atoms with E-state index in [0.29, 0.717) is 17.3 Å². The number of amides is 2. The van der Waals surface area contributed by atoms with Crippen LogP contribution in [0.2, 0.25) is 5.02 Å². The number of carbonyl (C=O) groups is 3. The zero-order valence-electron chi connectivity index (χ0n) is 13.6. The summed E-state index contributed by atoms with van der Waals surface area (Å²) in [4.78, 5) is 34.6. The van der Waals surface area contributed by atoms with Crippen molar-refractivity contribution in [1.29, 1.82) is 0 Å². The molecule has 0 saturated carbocycles. The van der Waals surface area contributed by atoms with Crippen molar-refractivity contribution in [3.63, 3.8) is 0 Å². The minimum atomic E-state index is -0.883. The van der Waals surface area contributed by atoms with E-state index in [1.54, 1.807) is 24.3 Å². The van der Waals surface area contributed by atoms with E-state index in [-0.39, 0.29) is 12.5 Å². The Morgan fingerprint density at radius 1 is 1.12 bits per heavy atom. The molecule has 0 bridgehead atoms. The summed E-state index contributed by atoms with van der Waals surface area (Å²) in [6.07, 6.45) is -0.0742. The van der Waals surface area contributed by atoms with Gasteiger partial charge in [-0.15, -0.1) is 0 Å². The van der Waals surface area contributed by atoms with Crippen LogP contribution in [-0.2, 0) is 19.1 Å². The standard InChI is InChI=1S/C16H21ClN2O5/c1-3-8-18-14(20)9-19-15(21)10-23-16(22)11(2)24-13-6-4-12(17)5-7-13/h4-7,11H,3,8-10H2,1-2H3,(H,18,20)(H,19,21)/t11-/m1/s1. The van der Waals surface area contributed by atoms with Gasteiger partial charge in [-0.1, -0.05) is 18.5 Å². The van der Waals surface area contributed by atoms with Crippen LogP contribution in [0.5, 0.6) is 5.75 Å². The first kappa shape index (κ1) is 19.8. The maximum Gasteiger partial charge on any atom is 0.347 e. The highest BCUT2D eigenvalue weighted by Gasteiger charge is 2.18. The molecule has 0 fully saturated rings. The Bertz CT molecular complexity index is 562. The summed E-state index contributed by atoms with van der Waals surface area (Å²) in [5.74, 6) is -1.08. The fourth-order valence-electron chi connectivity index (χ4n) is 1.58. The second kappa shape index (κ2) is 10.5. The van der Waals surface area contributed by atoms with Gasteiger partial charge in [-0.3, -0.25) is 9.59 Å². The molecule has 2 N–H and O–H groups in total. The van der Waals surface area contributed by atoms with Crippen LogP contribution in [-0.4, -0.2) is 43.6 Å². The van der Waals surface area contributed by atoms with Crippen LogP contribution in [0, 0.1) is 0 Å². The molecule has 1 aromatic rings. The molecule has 0 aromatic heterocycles. The molecule has 0 aliphatic rings. The monoisotopic (exact) mass is 356 g/mol. The van der Waals surface area contributed by atoms with Crippen LogP contribution in [0.4, 0.5) is 0 Å². The van der Waals surface area contributed by atoms with Crippen molar-refractivity contribution in [2.75, 3.05) is 19.7 Å². The second-order valence-electron chi connectivity index (χ2n) is 4.95. The van der Waals surface area contributed by atoms with Crippen molar-refractivity contribution in [3.05, 3.63) is 29.3 Å². The third kappa shape index (κ3) is 7.82. The maximum absolute atomic E-state index is 11.8. The topological polar surface area (TPSA) is 93.7 Å². The van der Waals surface area contributed by atoms with E-state index in [0.717, 1.165) is 6.42 Å². The van der Waals surface area contributed by atoms with E-state index in [1.807, 2.05) is 6.92 Å². The van der Waals surface area contributed by atoms with Crippen molar-refractivity contribution in [3.8, 4) is 5.75 Å². The Morgan fingerprint density at radius 2 is 1.79 bits per heavy atom. The van der Waals surface area contributed by atoms with Gasteiger partial charge in [-0.2, -0.15) is 0 Å². The van der Waals surface area contributed by atoms with Gasteiger partial charge in [0.05, 0.1) is 6.54 Å². The van der Waals surface area contributed by atoms with Crippen LogP contribution < -0.4 is 15.4 Å². The Hall–Kier alpha value is -2.28. The molecule has 24 heavy (non-hydrogen) atoms. The highest BCUT2D eigenvalue weighted by Crippen LogP contribution is 2.17. The summed E-state index contributed by atoms with van der Waals surface area (Å²) < 4.78 is 10.2. The molecule has 0 heterocycles. The lowest BCUT2D eigenvalue weighted by Gasteiger charge is -2.14. The number of benzene rings is 1. The number of hydrogen-bond acceptors (Lipinski definition) is 5. The number of halogens is 1. The van der Waals surface area contributed by atoms with Crippen molar-refractivity contribution in [2.45, 2.75) is 26.4 Å². The van der Waals surface area contributed by atoms with Gasteiger partial charge in [0, 0.05) is 11.6 Å². The average molecular weight is 357 g/mol. The number of hydrogen-bond donors (Lipinski definition) is 2. The molecule has 1 rings (SSSR count). The van der Waals surface area contributed by atoms with Gasteiger partial charge in [0.15, 0.2) is 12.7 Å². The summed E-state index contributed by atoms with van der Waals surface area (Å²) in [5, 5.41) is 5.52. The van der Waals surface area contributed by atoms with Gasteiger partial charge in [0.1, 0.15) is 5.75 Å².